The quantitative estimate of drug-likeness (QED) is 0.723. The standard InChI is InChI=1S/C18H17NS/c1-19-13-17-11-12-18(20-17)16-9-7-15(8-10-16)14-5-3-2-4-6-14/h2-12,19H,13H2,1H3. The Balaban J connectivity index is 1.85. The highest BCUT2D eigenvalue weighted by Crippen LogP contribution is 2.30. The summed E-state index contributed by atoms with van der Waals surface area (Å²) in [7, 11) is 1.98. The fraction of sp³-hybridized carbons (Fsp3) is 0.111. The van der Waals surface area contributed by atoms with Gasteiger partial charge < -0.3 is 5.32 Å². The summed E-state index contributed by atoms with van der Waals surface area (Å²) in [4.78, 5) is 2.70. The van der Waals surface area contributed by atoms with Crippen molar-refractivity contribution in [1.29, 1.82) is 0 Å². The zero-order chi connectivity index (χ0) is 13.8. The molecule has 0 aliphatic carbocycles. The predicted octanol–water partition coefficient (Wildman–Crippen LogP) is 4.80. The van der Waals surface area contributed by atoms with Crippen LogP contribution in [0.25, 0.3) is 21.6 Å². The minimum Gasteiger partial charge on any atom is -0.315 e. The number of hydrogen-bond donors (Lipinski definition) is 1. The molecule has 0 atom stereocenters. The van der Waals surface area contributed by atoms with Crippen molar-refractivity contribution in [3.05, 3.63) is 71.6 Å². The van der Waals surface area contributed by atoms with Crippen molar-refractivity contribution in [1.82, 2.24) is 5.32 Å². The van der Waals surface area contributed by atoms with E-state index in [0.29, 0.717) is 0 Å². The van der Waals surface area contributed by atoms with Gasteiger partial charge in [-0.25, -0.2) is 0 Å². The molecule has 0 aliphatic rings. The van der Waals surface area contributed by atoms with Gasteiger partial charge in [0.05, 0.1) is 0 Å². The third kappa shape index (κ3) is 2.82. The first-order chi connectivity index (χ1) is 9.86. The Labute approximate surface area is 123 Å². The first-order valence-electron chi connectivity index (χ1n) is 6.76. The molecule has 0 bridgehead atoms. The van der Waals surface area contributed by atoms with E-state index < -0.39 is 0 Å². The van der Waals surface area contributed by atoms with Crippen LogP contribution in [0.15, 0.2) is 66.7 Å². The second kappa shape index (κ2) is 6.04. The Morgan fingerprint density at radius 2 is 1.40 bits per heavy atom. The van der Waals surface area contributed by atoms with Gasteiger partial charge in [0.15, 0.2) is 0 Å². The Bertz CT molecular complexity index is 668. The lowest BCUT2D eigenvalue weighted by Gasteiger charge is -2.03. The smallest absolute Gasteiger partial charge is 0.0346 e. The van der Waals surface area contributed by atoms with Crippen LogP contribution in [0.4, 0.5) is 0 Å². The van der Waals surface area contributed by atoms with Crippen LogP contribution in [-0.2, 0) is 6.54 Å². The molecule has 0 radical (unpaired) electrons. The average Bonchev–Trinajstić information content (AvgIpc) is 2.97. The van der Waals surface area contributed by atoms with Crippen LogP contribution in [0.3, 0.4) is 0 Å². The SMILES string of the molecule is CNCc1ccc(-c2ccc(-c3ccccc3)cc2)s1. The molecule has 1 nitrogen and oxygen atoms in total. The fourth-order valence-corrected chi connectivity index (χ4v) is 3.28. The van der Waals surface area contributed by atoms with E-state index in [4.69, 9.17) is 0 Å². The maximum Gasteiger partial charge on any atom is 0.0346 e. The molecule has 3 aromatic rings. The zero-order valence-electron chi connectivity index (χ0n) is 11.5. The second-order valence-corrected chi connectivity index (χ2v) is 5.91. The van der Waals surface area contributed by atoms with Crippen molar-refractivity contribution in [3.8, 4) is 21.6 Å². The van der Waals surface area contributed by atoms with Gasteiger partial charge in [-0.05, 0) is 35.9 Å². The first-order valence-corrected chi connectivity index (χ1v) is 7.57. The molecule has 0 spiro atoms. The van der Waals surface area contributed by atoms with Crippen LogP contribution in [0.1, 0.15) is 4.88 Å². The van der Waals surface area contributed by atoms with E-state index in [-0.39, 0.29) is 0 Å². The molecule has 0 unspecified atom stereocenters. The van der Waals surface area contributed by atoms with E-state index in [9.17, 15) is 0 Å². The fourth-order valence-electron chi connectivity index (χ4n) is 2.26. The lowest BCUT2D eigenvalue weighted by atomic mass is 10.0. The highest BCUT2D eigenvalue weighted by atomic mass is 32.1. The van der Waals surface area contributed by atoms with E-state index in [2.05, 4.69) is 66.0 Å². The van der Waals surface area contributed by atoms with E-state index in [1.165, 1.54) is 26.4 Å². The molecule has 0 amide bonds. The van der Waals surface area contributed by atoms with Crippen LogP contribution in [-0.4, -0.2) is 7.05 Å². The molecule has 1 heterocycles. The van der Waals surface area contributed by atoms with Crippen LogP contribution >= 0.6 is 11.3 Å². The van der Waals surface area contributed by atoms with Crippen molar-refractivity contribution in [3.63, 3.8) is 0 Å². The monoisotopic (exact) mass is 279 g/mol. The van der Waals surface area contributed by atoms with Gasteiger partial charge >= 0.3 is 0 Å². The Hall–Kier alpha value is -1.90. The van der Waals surface area contributed by atoms with Gasteiger partial charge in [-0.15, -0.1) is 11.3 Å². The lowest BCUT2D eigenvalue weighted by Crippen LogP contribution is -2.02. The topological polar surface area (TPSA) is 12.0 Å². The summed E-state index contributed by atoms with van der Waals surface area (Å²) in [6, 6.07) is 23.7. The molecule has 2 heteroatoms. The molecule has 0 saturated heterocycles. The number of nitrogens with one attached hydrogen (secondary N) is 1. The number of hydrogen-bond acceptors (Lipinski definition) is 2. The summed E-state index contributed by atoms with van der Waals surface area (Å²) >= 11 is 1.85. The van der Waals surface area contributed by atoms with Crippen LogP contribution in [0.2, 0.25) is 0 Å². The molecule has 1 aromatic heterocycles. The number of benzene rings is 2. The Morgan fingerprint density at radius 3 is 2.10 bits per heavy atom. The van der Waals surface area contributed by atoms with Gasteiger partial charge in [0.1, 0.15) is 0 Å². The second-order valence-electron chi connectivity index (χ2n) is 4.74. The summed E-state index contributed by atoms with van der Waals surface area (Å²) < 4.78 is 0. The molecular formula is C18H17NS. The van der Waals surface area contributed by atoms with E-state index >= 15 is 0 Å². The minimum atomic E-state index is 0.937. The minimum absolute atomic E-state index is 0.937. The van der Waals surface area contributed by atoms with E-state index in [0.717, 1.165) is 6.54 Å². The average molecular weight is 279 g/mol. The van der Waals surface area contributed by atoms with E-state index in [1.54, 1.807) is 0 Å². The van der Waals surface area contributed by atoms with Crippen molar-refractivity contribution >= 4 is 11.3 Å². The van der Waals surface area contributed by atoms with Gasteiger partial charge in [-0.2, -0.15) is 0 Å². The van der Waals surface area contributed by atoms with Crippen molar-refractivity contribution in [2.45, 2.75) is 6.54 Å². The largest absolute Gasteiger partial charge is 0.315 e. The molecule has 0 fully saturated rings. The first kappa shape index (κ1) is 13.1. The van der Waals surface area contributed by atoms with Gasteiger partial charge in [0, 0.05) is 16.3 Å². The molecule has 0 aliphatic heterocycles. The van der Waals surface area contributed by atoms with E-state index in [1.807, 2.05) is 24.5 Å². The number of rotatable bonds is 4. The van der Waals surface area contributed by atoms with Crippen LogP contribution in [0.5, 0.6) is 0 Å². The molecular weight excluding hydrogens is 262 g/mol. The third-order valence-electron chi connectivity index (χ3n) is 3.29. The van der Waals surface area contributed by atoms with Gasteiger partial charge in [-0.3, -0.25) is 0 Å². The van der Waals surface area contributed by atoms with Gasteiger partial charge in [-0.1, -0.05) is 54.6 Å². The van der Waals surface area contributed by atoms with Crippen LogP contribution < -0.4 is 5.32 Å². The highest BCUT2D eigenvalue weighted by Gasteiger charge is 2.03. The summed E-state index contributed by atoms with van der Waals surface area (Å²) in [5.41, 5.74) is 3.82. The number of thiophene rings is 1. The molecule has 20 heavy (non-hydrogen) atoms. The van der Waals surface area contributed by atoms with Crippen molar-refractivity contribution < 1.29 is 0 Å². The molecule has 0 saturated carbocycles. The summed E-state index contributed by atoms with van der Waals surface area (Å²) in [6.45, 7) is 0.937. The molecule has 1 N–H and O–H groups in total. The molecule has 100 valence electrons. The van der Waals surface area contributed by atoms with Crippen molar-refractivity contribution in [2.75, 3.05) is 7.05 Å². The summed E-state index contributed by atoms with van der Waals surface area (Å²) in [5.74, 6) is 0. The summed E-state index contributed by atoms with van der Waals surface area (Å²) in [5, 5.41) is 3.19. The van der Waals surface area contributed by atoms with Crippen molar-refractivity contribution in [2.24, 2.45) is 0 Å². The van der Waals surface area contributed by atoms with Crippen LogP contribution in [0, 0.1) is 0 Å². The highest BCUT2D eigenvalue weighted by molar-refractivity contribution is 7.15. The predicted molar refractivity (Wildman–Crippen MR) is 88.0 cm³/mol. The molecule has 2 aromatic carbocycles. The Morgan fingerprint density at radius 1 is 0.750 bits per heavy atom. The zero-order valence-corrected chi connectivity index (χ0v) is 12.3. The summed E-state index contributed by atoms with van der Waals surface area (Å²) in [6.07, 6.45) is 0. The van der Waals surface area contributed by atoms with Gasteiger partial charge in [0.25, 0.3) is 0 Å². The van der Waals surface area contributed by atoms with Gasteiger partial charge in [0.2, 0.25) is 0 Å². The normalized spacial score (nSPS) is 10.7. The third-order valence-corrected chi connectivity index (χ3v) is 4.42. The maximum absolute atomic E-state index is 3.19. The Kier molecular flexibility index (Phi) is 3.95. The lowest BCUT2D eigenvalue weighted by molar-refractivity contribution is 0.831. The molecule has 3 rings (SSSR count). The maximum atomic E-state index is 3.19.